The number of aryl methyl sites for hydroxylation is 1. The van der Waals surface area contributed by atoms with E-state index in [2.05, 4.69) is 4.98 Å². The van der Waals surface area contributed by atoms with Crippen LogP contribution in [-0.4, -0.2) is 4.98 Å². The molecule has 3 nitrogen and oxygen atoms in total. The van der Waals surface area contributed by atoms with Crippen molar-refractivity contribution in [1.29, 1.82) is 0 Å². The summed E-state index contributed by atoms with van der Waals surface area (Å²) in [4.78, 5) is 13.5. The van der Waals surface area contributed by atoms with Gasteiger partial charge in [0.25, 0.3) is 0 Å². The number of aromatic nitrogens is 1. The molecule has 1 aromatic heterocycles. The van der Waals surface area contributed by atoms with Gasteiger partial charge in [-0.3, -0.25) is 4.98 Å². The van der Waals surface area contributed by atoms with Crippen LogP contribution in [0.15, 0.2) is 33.5 Å². The second-order valence-corrected chi connectivity index (χ2v) is 3.41. The van der Waals surface area contributed by atoms with Crippen LogP contribution in [0.3, 0.4) is 0 Å². The molecule has 4 heteroatoms. The topological polar surface area (TPSA) is 46.0 Å². The van der Waals surface area contributed by atoms with Crippen molar-refractivity contribution in [3.63, 3.8) is 0 Å². The first-order valence-corrected chi connectivity index (χ1v) is 4.50. The SMILES string of the molecule is Cc1[nH]c(=O)oc1-c1ccc(Cl)cc1. The number of halogens is 1. The second kappa shape index (κ2) is 3.35. The average Bonchev–Trinajstić information content (AvgIpc) is 2.47. The van der Waals surface area contributed by atoms with Gasteiger partial charge >= 0.3 is 5.76 Å². The Hall–Kier alpha value is -1.48. The van der Waals surface area contributed by atoms with Crippen LogP contribution >= 0.6 is 11.6 Å². The number of benzene rings is 1. The number of hydrogen-bond acceptors (Lipinski definition) is 2. The lowest BCUT2D eigenvalue weighted by Crippen LogP contribution is -1.94. The number of nitrogens with one attached hydrogen (secondary N) is 1. The minimum Gasteiger partial charge on any atom is -0.408 e. The zero-order valence-electron chi connectivity index (χ0n) is 7.50. The Morgan fingerprint density at radius 3 is 2.43 bits per heavy atom. The Bertz CT molecular complexity index is 496. The van der Waals surface area contributed by atoms with E-state index in [0.717, 1.165) is 11.3 Å². The summed E-state index contributed by atoms with van der Waals surface area (Å²) in [7, 11) is 0. The van der Waals surface area contributed by atoms with Crippen molar-refractivity contribution in [3.8, 4) is 11.3 Å². The number of oxazole rings is 1. The lowest BCUT2D eigenvalue weighted by atomic mass is 10.1. The first kappa shape index (κ1) is 9.09. The molecule has 72 valence electrons. The highest BCUT2D eigenvalue weighted by Crippen LogP contribution is 2.22. The Labute approximate surface area is 85.3 Å². The Morgan fingerprint density at radius 2 is 1.93 bits per heavy atom. The molecule has 1 N–H and O–H groups in total. The number of hydrogen-bond donors (Lipinski definition) is 1. The fraction of sp³-hybridized carbons (Fsp3) is 0.100. The molecule has 2 aromatic rings. The van der Waals surface area contributed by atoms with E-state index < -0.39 is 5.76 Å². The average molecular weight is 210 g/mol. The summed E-state index contributed by atoms with van der Waals surface area (Å²) in [5.74, 6) is 0.124. The molecule has 0 aliphatic heterocycles. The summed E-state index contributed by atoms with van der Waals surface area (Å²) in [6.07, 6.45) is 0. The highest BCUT2D eigenvalue weighted by molar-refractivity contribution is 6.30. The quantitative estimate of drug-likeness (QED) is 0.785. The summed E-state index contributed by atoms with van der Waals surface area (Å²) in [5.41, 5.74) is 1.56. The maximum absolute atomic E-state index is 10.9. The highest BCUT2D eigenvalue weighted by Gasteiger charge is 2.07. The largest absolute Gasteiger partial charge is 0.417 e. The van der Waals surface area contributed by atoms with Gasteiger partial charge in [0.15, 0.2) is 5.76 Å². The molecule has 1 heterocycles. The van der Waals surface area contributed by atoms with Crippen LogP contribution in [0.1, 0.15) is 5.69 Å². The van der Waals surface area contributed by atoms with Gasteiger partial charge in [0.1, 0.15) is 0 Å². The predicted octanol–water partition coefficient (Wildman–Crippen LogP) is 2.60. The molecule has 0 aliphatic carbocycles. The van der Waals surface area contributed by atoms with Crippen molar-refractivity contribution in [3.05, 3.63) is 45.5 Å². The Kier molecular flexibility index (Phi) is 2.17. The minimum absolute atomic E-state index is 0.438. The van der Waals surface area contributed by atoms with Crippen molar-refractivity contribution in [2.75, 3.05) is 0 Å². The maximum atomic E-state index is 10.9. The minimum atomic E-state index is -0.438. The van der Waals surface area contributed by atoms with Crippen molar-refractivity contribution in [1.82, 2.24) is 4.98 Å². The second-order valence-electron chi connectivity index (χ2n) is 2.98. The van der Waals surface area contributed by atoms with Gasteiger partial charge in [-0.1, -0.05) is 11.6 Å². The Morgan fingerprint density at radius 1 is 1.29 bits per heavy atom. The van der Waals surface area contributed by atoms with E-state index in [4.69, 9.17) is 16.0 Å². The van der Waals surface area contributed by atoms with Gasteiger partial charge in [-0.15, -0.1) is 0 Å². The predicted molar refractivity (Wildman–Crippen MR) is 54.5 cm³/mol. The molecule has 0 fully saturated rings. The number of H-pyrrole nitrogens is 1. The molecule has 14 heavy (non-hydrogen) atoms. The first-order valence-electron chi connectivity index (χ1n) is 4.12. The van der Waals surface area contributed by atoms with Crippen LogP contribution in [0.25, 0.3) is 11.3 Å². The van der Waals surface area contributed by atoms with Crippen molar-refractivity contribution in [2.45, 2.75) is 6.92 Å². The van der Waals surface area contributed by atoms with Gasteiger partial charge in [0, 0.05) is 10.6 Å². The van der Waals surface area contributed by atoms with Crippen molar-refractivity contribution < 1.29 is 4.42 Å². The van der Waals surface area contributed by atoms with Crippen LogP contribution < -0.4 is 5.76 Å². The molecule has 0 radical (unpaired) electrons. The molecule has 0 saturated heterocycles. The summed E-state index contributed by atoms with van der Waals surface area (Å²) in [6, 6.07) is 7.12. The molecule has 0 atom stereocenters. The zero-order chi connectivity index (χ0) is 10.1. The van der Waals surface area contributed by atoms with E-state index in [0.29, 0.717) is 10.8 Å². The lowest BCUT2D eigenvalue weighted by Gasteiger charge is -1.96. The molecule has 0 amide bonds. The maximum Gasteiger partial charge on any atom is 0.417 e. The summed E-state index contributed by atoms with van der Waals surface area (Å²) in [5, 5.41) is 0.657. The first-order chi connectivity index (χ1) is 6.66. The zero-order valence-corrected chi connectivity index (χ0v) is 8.26. The molecular formula is C10H8ClNO2. The monoisotopic (exact) mass is 209 g/mol. The number of aromatic amines is 1. The standard InChI is InChI=1S/C10H8ClNO2/c1-6-9(14-10(13)12-6)7-2-4-8(11)5-3-7/h2-5H,1H3,(H,12,13). The third kappa shape index (κ3) is 1.59. The summed E-state index contributed by atoms with van der Waals surface area (Å²) < 4.78 is 4.99. The van der Waals surface area contributed by atoms with Crippen LogP contribution in [0.2, 0.25) is 5.02 Å². The van der Waals surface area contributed by atoms with E-state index in [9.17, 15) is 4.79 Å². The van der Waals surface area contributed by atoms with Gasteiger partial charge < -0.3 is 4.42 Å². The van der Waals surface area contributed by atoms with Gasteiger partial charge in [0.05, 0.1) is 5.69 Å². The number of rotatable bonds is 1. The molecule has 0 bridgehead atoms. The fourth-order valence-corrected chi connectivity index (χ4v) is 1.41. The van der Waals surface area contributed by atoms with Crippen LogP contribution in [0.5, 0.6) is 0 Å². The smallest absolute Gasteiger partial charge is 0.408 e. The Balaban J connectivity index is 2.54. The van der Waals surface area contributed by atoms with Crippen molar-refractivity contribution >= 4 is 11.6 Å². The molecular weight excluding hydrogens is 202 g/mol. The van der Waals surface area contributed by atoms with Crippen LogP contribution in [0, 0.1) is 6.92 Å². The van der Waals surface area contributed by atoms with E-state index in [1.807, 2.05) is 0 Å². The highest BCUT2D eigenvalue weighted by atomic mass is 35.5. The summed E-state index contributed by atoms with van der Waals surface area (Å²) >= 11 is 5.74. The normalized spacial score (nSPS) is 10.4. The van der Waals surface area contributed by atoms with Gasteiger partial charge in [-0.25, -0.2) is 4.79 Å². The molecule has 0 aliphatic rings. The summed E-state index contributed by atoms with van der Waals surface area (Å²) in [6.45, 7) is 1.79. The van der Waals surface area contributed by atoms with E-state index in [1.165, 1.54) is 0 Å². The molecule has 1 aromatic carbocycles. The van der Waals surface area contributed by atoms with E-state index in [1.54, 1.807) is 31.2 Å². The van der Waals surface area contributed by atoms with Gasteiger partial charge in [-0.2, -0.15) is 0 Å². The molecule has 0 spiro atoms. The van der Waals surface area contributed by atoms with Gasteiger partial charge in [-0.05, 0) is 31.2 Å². The lowest BCUT2D eigenvalue weighted by molar-refractivity contribution is 0.528. The molecule has 0 saturated carbocycles. The molecule has 0 unspecified atom stereocenters. The van der Waals surface area contributed by atoms with E-state index >= 15 is 0 Å². The third-order valence-electron chi connectivity index (χ3n) is 1.93. The van der Waals surface area contributed by atoms with Crippen LogP contribution in [0.4, 0.5) is 0 Å². The van der Waals surface area contributed by atoms with E-state index in [-0.39, 0.29) is 0 Å². The molecule has 2 rings (SSSR count). The fourth-order valence-electron chi connectivity index (χ4n) is 1.28. The van der Waals surface area contributed by atoms with Crippen LogP contribution in [-0.2, 0) is 0 Å². The van der Waals surface area contributed by atoms with Gasteiger partial charge in [0.2, 0.25) is 0 Å². The third-order valence-corrected chi connectivity index (χ3v) is 2.18. The van der Waals surface area contributed by atoms with Crippen molar-refractivity contribution in [2.24, 2.45) is 0 Å².